The Morgan fingerprint density at radius 3 is 2.53 bits per heavy atom. The largest absolute Gasteiger partial charge is 0.481 e. The minimum atomic E-state index is -0.858. The minimum Gasteiger partial charge on any atom is -0.481 e. The first-order valence-corrected chi connectivity index (χ1v) is 5.17. The standard InChI is InChI=1S/C10H18N2O3/c1-12(2)5-3-4-11-9(13)7-6-8(7)10(14)15/h7-8H,3-6H2,1-2H3,(H,11,13)(H,14,15). The summed E-state index contributed by atoms with van der Waals surface area (Å²) < 4.78 is 0. The Morgan fingerprint density at radius 2 is 2.07 bits per heavy atom. The molecule has 1 aliphatic carbocycles. The van der Waals surface area contributed by atoms with Crippen molar-refractivity contribution in [3.8, 4) is 0 Å². The highest BCUT2D eigenvalue weighted by Crippen LogP contribution is 2.38. The van der Waals surface area contributed by atoms with Crippen LogP contribution < -0.4 is 5.32 Å². The van der Waals surface area contributed by atoms with Gasteiger partial charge in [-0.1, -0.05) is 0 Å². The lowest BCUT2D eigenvalue weighted by molar-refractivity contribution is -0.140. The maximum atomic E-state index is 11.4. The molecule has 0 aromatic heterocycles. The molecule has 0 aromatic rings. The fraction of sp³-hybridized carbons (Fsp3) is 0.800. The molecule has 1 rings (SSSR count). The van der Waals surface area contributed by atoms with E-state index in [2.05, 4.69) is 5.32 Å². The molecule has 0 aromatic carbocycles. The summed E-state index contributed by atoms with van der Waals surface area (Å²) in [5.74, 6) is -1.70. The molecule has 5 nitrogen and oxygen atoms in total. The van der Waals surface area contributed by atoms with Gasteiger partial charge in [-0.2, -0.15) is 0 Å². The monoisotopic (exact) mass is 214 g/mol. The van der Waals surface area contributed by atoms with Crippen molar-refractivity contribution in [2.75, 3.05) is 27.2 Å². The van der Waals surface area contributed by atoms with E-state index < -0.39 is 11.9 Å². The second kappa shape index (κ2) is 5.11. The van der Waals surface area contributed by atoms with Gasteiger partial charge in [-0.25, -0.2) is 0 Å². The van der Waals surface area contributed by atoms with Gasteiger partial charge in [-0.15, -0.1) is 0 Å². The van der Waals surface area contributed by atoms with Gasteiger partial charge in [0.2, 0.25) is 5.91 Å². The van der Waals surface area contributed by atoms with Crippen LogP contribution in [0.15, 0.2) is 0 Å². The van der Waals surface area contributed by atoms with E-state index in [4.69, 9.17) is 5.11 Å². The van der Waals surface area contributed by atoms with Crippen LogP contribution in [0.5, 0.6) is 0 Å². The first kappa shape index (κ1) is 12.0. The van der Waals surface area contributed by atoms with Gasteiger partial charge in [0.1, 0.15) is 0 Å². The Labute approximate surface area is 89.4 Å². The summed E-state index contributed by atoms with van der Waals surface area (Å²) in [5.41, 5.74) is 0. The van der Waals surface area contributed by atoms with Crippen LogP contribution in [0.2, 0.25) is 0 Å². The van der Waals surface area contributed by atoms with E-state index in [1.807, 2.05) is 19.0 Å². The highest BCUT2D eigenvalue weighted by Gasteiger charge is 2.48. The van der Waals surface area contributed by atoms with Gasteiger partial charge in [-0.3, -0.25) is 9.59 Å². The average Bonchev–Trinajstić information content (AvgIpc) is 2.90. The van der Waals surface area contributed by atoms with Crippen LogP contribution in [-0.2, 0) is 9.59 Å². The summed E-state index contributed by atoms with van der Waals surface area (Å²) in [4.78, 5) is 23.9. The molecule has 2 atom stereocenters. The third-order valence-electron chi connectivity index (χ3n) is 2.53. The average molecular weight is 214 g/mol. The molecule has 5 heteroatoms. The SMILES string of the molecule is CN(C)CCCNC(=O)C1CC1C(=O)O. The van der Waals surface area contributed by atoms with Gasteiger partial charge < -0.3 is 15.3 Å². The number of hydrogen-bond donors (Lipinski definition) is 2. The first-order valence-electron chi connectivity index (χ1n) is 5.17. The molecule has 15 heavy (non-hydrogen) atoms. The molecule has 1 amide bonds. The number of amides is 1. The highest BCUT2D eigenvalue weighted by atomic mass is 16.4. The van der Waals surface area contributed by atoms with Crippen LogP contribution in [0.4, 0.5) is 0 Å². The number of rotatable bonds is 6. The molecule has 0 spiro atoms. The summed E-state index contributed by atoms with van der Waals surface area (Å²) in [7, 11) is 3.95. The molecule has 0 bridgehead atoms. The third kappa shape index (κ3) is 3.87. The van der Waals surface area contributed by atoms with Gasteiger partial charge in [0.15, 0.2) is 0 Å². The number of carbonyl (C=O) groups is 2. The Balaban J connectivity index is 2.08. The van der Waals surface area contributed by atoms with Crippen LogP contribution in [0.3, 0.4) is 0 Å². The lowest BCUT2D eigenvalue weighted by atomic mass is 10.3. The van der Waals surface area contributed by atoms with Crippen molar-refractivity contribution >= 4 is 11.9 Å². The van der Waals surface area contributed by atoms with Gasteiger partial charge in [-0.05, 0) is 33.5 Å². The van der Waals surface area contributed by atoms with Crippen molar-refractivity contribution in [2.45, 2.75) is 12.8 Å². The number of aliphatic carboxylic acids is 1. The molecular weight excluding hydrogens is 196 g/mol. The van der Waals surface area contributed by atoms with Crippen molar-refractivity contribution in [2.24, 2.45) is 11.8 Å². The fourth-order valence-electron chi connectivity index (χ4n) is 1.50. The van der Waals surface area contributed by atoms with Crippen molar-refractivity contribution < 1.29 is 14.7 Å². The van der Waals surface area contributed by atoms with Crippen LogP contribution >= 0.6 is 0 Å². The predicted octanol–water partition coefficient (Wildman–Crippen LogP) is -0.225. The second-order valence-electron chi connectivity index (χ2n) is 4.23. The Bertz CT molecular complexity index is 253. The fourth-order valence-corrected chi connectivity index (χ4v) is 1.50. The molecule has 1 saturated carbocycles. The summed E-state index contributed by atoms with van der Waals surface area (Å²) in [5, 5.41) is 11.4. The molecule has 1 aliphatic rings. The van der Waals surface area contributed by atoms with Gasteiger partial charge in [0.05, 0.1) is 11.8 Å². The number of carboxylic acid groups (broad SMARTS) is 1. The van der Waals surface area contributed by atoms with Crippen molar-refractivity contribution in [3.05, 3.63) is 0 Å². The van der Waals surface area contributed by atoms with Gasteiger partial charge in [0, 0.05) is 6.54 Å². The Kier molecular flexibility index (Phi) is 4.08. The second-order valence-corrected chi connectivity index (χ2v) is 4.23. The summed E-state index contributed by atoms with van der Waals surface area (Å²) >= 11 is 0. The number of hydrogen-bond acceptors (Lipinski definition) is 3. The number of carbonyl (C=O) groups excluding carboxylic acids is 1. The summed E-state index contributed by atoms with van der Waals surface area (Å²) in [6.07, 6.45) is 1.39. The van der Waals surface area contributed by atoms with E-state index in [1.165, 1.54) is 0 Å². The third-order valence-corrected chi connectivity index (χ3v) is 2.53. The molecule has 2 unspecified atom stereocenters. The molecule has 0 aliphatic heterocycles. The first-order chi connectivity index (χ1) is 7.02. The van der Waals surface area contributed by atoms with Crippen LogP contribution in [0, 0.1) is 11.8 Å². The Hall–Kier alpha value is -1.10. The highest BCUT2D eigenvalue weighted by molar-refractivity contribution is 5.89. The van der Waals surface area contributed by atoms with Crippen molar-refractivity contribution in [3.63, 3.8) is 0 Å². The predicted molar refractivity (Wildman–Crippen MR) is 55.4 cm³/mol. The lowest BCUT2D eigenvalue weighted by Crippen LogP contribution is -2.29. The smallest absolute Gasteiger partial charge is 0.307 e. The molecule has 0 heterocycles. The van der Waals surface area contributed by atoms with Crippen LogP contribution in [0.1, 0.15) is 12.8 Å². The molecule has 86 valence electrons. The molecule has 2 N–H and O–H groups in total. The maximum absolute atomic E-state index is 11.4. The minimum absolute atomic E-state index is 0.110. The van der Waals surface area contributed by atoms with Gasteiger partial charge >= 0.3 is 5.97 Å². The number of carboxylic acids is 1. The van der Waals surface area contributed by atoms with Gasteiger partial charge in [0.25, 0.3) is 0 Å². The van der Waals surface area contributed by atoms with E-state index in [0.29, 0.717) is 13.0 Å². The zero-order chi connectivity index (χ0) is 11.4. The van der Waals surface area contributed by atoms with Crippen molar-refractivity contribution in [1.29, 1.82) is 0 Å². The van der Waals surface area contributed by atoms with Crippen LogP contribution in [-0.4, -0.2) is 49.1 Å². The van der Waals surface area contributed by atoms with Crippen molar-refractivity contribution in [1.82, 2.24) is 10.2 Å². The van der Waals surface area contributed by atoms with Crippen LogP contribution in [0.25, 0.3) is 0 Å². The maximum Gasteiger partial charge on any atom is 0.307 e. The quantitative estimate of drug-likeness (QED) is 0.599. The Morgan fingerprint density at radius 1 is 1.40 bits per heavy atom. The van der Waals surface area contributed by atoms with E-state index in [-0.39, 0.29) is 11.8 Å². The number of nitrogens with one attached hydrogen (secondary N) is 1. The van der Waals surface area contributed by atoms with E-state index in [0.717, 1.165) is 13.0 Å². The van der Waals surface area contributed by atoms with E-state index in [9.17, 15) is 9.59 Å². The van der Waals surface area contributed by atoms with E-state index >= 15 is 0 Å². The summed E-state index contributed by atoms with van der Waals surface area (Å²) in [6.45, 7) is 1.55. The van der Waals surface area contributed by atoms with E-state index in [1.54, 1.807) is 0 Å². The molecular formula is C10H18N2O3. The zero-order valence-corrected chi connectivity index (χ0v) is 9.19. The molecule has 1 fully saturated rings. The summed E-state index contributed by atoms with van der Waals surface area (Å²) in [6, 6.07) is 0. The normalized spacial score (nSPS) is 23.9. The molecule has 0 radical (unpaired) electrons. The zero-order valence-electron chi connectivity index (χ0n) is 9.19. The molecule has 0 saturated heterocycles. The lowest BCUT2D eigenvalue weighted by Gasteiger charge is -2.09. The number of nitrogens with zero attached hydrogens (tertiary/aromatic N) is 1. The topological polar surface area (TPSA) is 69.6 Å².